The molecule has 1 atom stereocenters. The van der Waals surface area contributed by atoms with Crippen molar-refractivity contribution in [2.75, 3.05) is 0 Å². The minimum atomic E-state index is -0.241. The lowest BCUT2D eigenvalue weighted by Crippen LogP contribution is -2.41. The maximum Gasteiger partial charge on any atom is 0.464 e. The lowest BCUT2D eigenvalue weighted by atomic mass is 9.54. The predicted octanol–water partition coefficient (Wildman–Crippen LogP) is 5.72. The Balaban J connectivity index is 2.63. The first-order chi connectivity index (χ1) is 10.8. The molecule has 3 nitrogen and oxygen atoms in total. The van der Waals surface area contributed by atoms with Gasteiger partial charge in [-0.3, -0.25) is 0 Å². The van der Waals surface area contributed by atoms with Gasteiger partial charge in [0.25, 0.3) is 0 Å². The summed E-state index contributed by atoms with van der Waals surface area (Å²) in [6, 6.07) is 0. The summed E-state index contributed by atoms with van der Waals surface area (Å²) in [6.45, 7) is 17.4. The molecule has 0 spiro atoms. The van der Waals surface area contributed by atoms with Gasteiger partial charge >= 0.3 is 7.12 Å². The zero-order valence-corrected chi connectivity index (χ0v) is 17.6. The van der Waals surface area contributed by atoms with Crippen LogP contribution >= 0.6 is 0 Å². The summed E-state index contributed by atoms with van der Waals surface area (Å²) in [4.78, 5) is 0. The molecule has 1 saturated heterocycles. The van der Waals surface area contributed by atoms with Gasteiger partial charge in [-0.05, 0) is 60.8 Å². The van der Waals surface area contributed by atoms with Gasteiger partial charge in [-0.25, -0.2) is 0 Å². The van der Waals surface area contributed by atoms with Crippen LogP contribution < -0.4 is 5.73 Å². The van der Waals surface area contributed by atoms with Gasteiger partial charge in [0.05, 0.1) is 11.2 Å². The Morgan fingerprint density at radius 1 is 0.792 bits per heavy atom. The van der Waals surface area contributed by atoms with Crippen molar-refractivity contribution in [2.45, 2.75) is 129 Å². The first kappa shape index (κ1) is 22.0. The highest BCUT2D eigenvalue weighted by Gasteiger charge is 2.57. The van der Waals surface area contributed by atoms with Gasteiger partial charge in [-0.2, -0.15) is 0 Å². The molecule has 0 amide bonds. The molecule has 0 aliphatic carbocycles. The van der Waals surface area contributed by atoms with E-state index in [2.05, 4.69) is 55.4 Å². The Kier molecular flexibility index (Phi) is 7.42. The lowest BCUT2D eigenvalue weighted by Gasteiger charge is -2.32. The van der Waals surface area contributed by atoms with Crippen molar-refractivity contribution in [3.8, 4) is 0 Å². The molecule has 0 aromatic rings. The molecule has 0 bridgehead atoms. The van der Waals surface area contributed by atoms with Crippen LogP contribution in [0.15, 0.2) is 0 Å². The number of rotatable bonds is 10. The third-order valence-corrected chi connectivity index (χ3v) is 5.99. The molecule has 142 valence electrons. The van der Waals surface area contributed by atoms with Crippen molar-refractivity contribution in [3.63, 3.8) is 0 Å². The van der Waals surface area contributed by atoms with Crippen LogP contribution in [0.4, 0.5) is 0 Å². The van der Waals surface area contributed by atoms with E-state index in [4.69, 9.17) is 15.0 Å². The molecule has 24 heavy (non-hydrogen) atoms. The SMILES string of the molecule is CCCCC(C)(CCCCCC(C)(C)N)B1OC(C)(C)C(C)(C)O1. The Bertz CT molecular complexity index is 374. The summed E-state index contributed by atoms with van der Waals surface area (Å²) < 4.78 is 12.8. The van der Waals surface area contributed by atoms with Crippen LogP contribution in [-0.4, -0.2) is 23.9 Å². The average Bonchev–Trinajstić information content (AvgIpc) is 2.64. The third kappa shape index (κ3) is 6.03. The van der Waals surface area contributed by atoms with Crippen LogP contribution in [0.2, 0.25) is 5.31 Å². The van der Waals surface area contributed by atoms with Crippen LogP contribution in [-0.2, 0) is 9.31 Å². The Morgan fingerprint density at radius 3 is 1.71 bits per heavy atom. The first-order valence-corrected chi connectivity index (χ1v) is 9.97. The van der Waals surface area contributed by atoms with Crippen LogP contribution in [0.3, 0.4) is 0 Å². The molecule has 1 aliphatic rings. The highest BCUT2D eigenvalue weighted by atomic mass is 16.7. The Morgan fingerprint density at radius 2 is 1.25 bits per heavy atom. The standard InChI is InChI=1S/C20H42BNO2/c1-9-10-15-20(8,16-13-11-12-14-17(2,3)22)21-23-18(4,5)19(6,7)24-21/h9-16,22H2,1-8H3. The maximum atomic E-state index is 6.40. The number of hydrogen-bond donors (Lipinski definition) is 1. The second kappa shape index (κ2) is 8.10. The molecular formula is C20H42BNO2. The predicted molar refractivity (Wildman–Crippen MR) is 105 cm³/mol. The van der Waals surface area contributed by atoms with E-state index in [1.165, 1.54) is 38.5 Å². The smallest absolute Gasteiger partial charge is 0.403 e. The van der Waals surface area contributed by atoms with Crippen molar-refractivity contribution in [2.24, 2.45) is 5.73 Å². The first-order valence-electron chi connectivity index (χ1n) is 9.97. The minimum Gasteiger partial charge on any atom is -0.403 e. The molecular weight excluding hydrogens is 297 g/mol. The molecule has 0 radical (unpaired) electrons. The van der Waals surface area contributed by atoms with Gasteiger partial charge in [-0.1, -0.05) is 46.0 Å². The summed E-state index contributed by atoms with van der Waals surface area (Å²) in [7, 11) is -0.0972. The van der Waals surface area contributed by atoms with Crippen LogP contribution in [0.5, 0.6) is 0 Å². The normalized spacial score (nSPS) is 22.6. The Labute approximate surface area is 151 Å². The van der Waals surface area contributed by atoms with Crippen molar-refractivity contribution in [1.29, 1.82) is 0 Å². The third-order valence-electron chi connectivity index (χ3n) is 5.99. The van der Waals surface area contributed by atoms with E-state index in [1.807, 2.05) is 0 Å². The van der Waals surface area contributed by atoms with E-state index in [9.17, 15) is 0 Å². The highest BCUT2D eigenvalue weighted by molar-refractivity contribution is 6.49. The summed E-state index contributed by atoms with van der Waals surface area (Å²) >= 11 is 0. The molecule has 1 heterocycles. The quantitative estimate of drug-likeness (QED) is 0.409. The number of nitrogens with two attached hydrogens (primary N) is 1. The van der Waals surface area contributed by atoms with Gasteiger partial charge in [0.2, 0.25) is 0 Å². The fourth-order valence-corrected chi connectivity index (χ4v) is 3.36. The topological polar surface area (TPSA) is 44.5 Å². The second-order valence-corrected chi connectivity index (χ2v) is 9.90. The van der Waals surface area contributed by atoms with Crippen molar-refractivity contribution in [3.05, 3.63) is 0 Å². The van der Waals surface area contributed by atoms with Gasteiger partial charge in [0.15, 0.2) is 0 Å². The highest BCUT2D eigenvalue weighted by Crippen LogP contribution is 2.50. The molecule has 0 aromatic carbocycles. The van der Waals surface area contributed by atoms with Gasteiger partial charge in [-0.15, -0.1) is 0 Å². The molecule has 0 aromatic heterocycles. The van der Waals surface area contributed by atoms with E-state index < -0.39 is 0 Å². The van der Waals surface area contributed by atoms with Crippen molar-refractivity contribution >= 4 is 7.12 Å². The summed E-state index contributed by atoms with van der Waals surface area (Å²) in [5.74, 6) is 0. The molecule has 1 aliphatic heterocycles. The lowest BCUT2D eigenvalue weighted by molar-refractivity contribution is 0.00578. The second-order valence-electron chi connectivity index (χ2n) is 9.90. The molecule has 1 fully saturated rings. The zero-order chi connectivity index (χ0) is 18.6. The zero-order valence-electron chi connectivity index (χ0n) is 17.6. The van der Waals surface area contributed by atoms with E-state index in [0.717, 1.165) is 12.8 Å². The molecule has 2 N–H and O–H groups in total. The minimum absolute atomic E-state index is 0.0444. The van der Waals surface area contributed by atoms with E-state index >= 15 is 0 Å². The van der Waals surface area contributed by atoms with Crippen LogP contribution in [0, 0.1) is 0 Å². The summed E-state index contributed by atoms with van der Waals surface area (Å²) in [5.41, 5.74) is 5.56. The molecule has 1 rings (SSSR count). The van der Waals surface area contributed by atoms with Crippen LogP contribution in [0.25, 0.3) is 0 Å². The van der Waals surface area contributed by atoms with Gasteiger partial charge < -0.3 is 15.0 Å². The fraction of sp³-hybridized carbons (Fsp3) is 1.00. The summed E-state index contributed by atoms with van der Waals surface area (Å²) in [6.07, 6.45) is 9.54. The fourth-order valence-electron chi connectivity index (χ4n) is 3.36. The van der Waals surface area contributed by atoms with E-state index in [1.54, 1.807) is 0 Å². The van der Waals surface area contributed by atoms with Crippen LogP contribution in [0.1, 0.15) is 107 Å². The average molecular weight is 339 g/mol. The Hall–Kier alpha value is -0.0551. The van der Waals surface area contributed by atoms with Gasteiger partial charge in [0, 0.05) is 10.9 Å². The maximum absolute atomic E-state index is 6.40. The monoisotopic (exact) mass is 339 g/mol. The van der Waals surface area contributed by atoms with E-state index in [-0.39, 0.29) is 29.2 Å². The largest absolute Gasteiger partial charge is 0.464 e. The summed E-state index contributed by atoms with van der Waals surface area (Å²) in [5, 5.41) is 0.0965. The number of unbranched alkanes of at least 4 members (excludes halogenated alkanes) is 3. The molecule has 0 saturated carbocycles. The number of hydrogen-bond acceptors (Lipinski definition) is 3. The van der Waals surface area contributed by atoms with Crippen molar-refractivity contribution in [1.82, 2.24) is 0 Å². The van der Waals surface area contributed by atoms with E-state index in [0.29, 0.717) is 0 Å². The molecule has 4 heteroatoms. The van der Waals surface area contributed by atoms with Gasteiger partial charge in [0.1, 0.15) is 0 Å². The van der Waals surface area contributed by atoms with Crippen molar-refractivity contribution < 1.29 is 9.31 Å². The molecule has 1 unspecified atom stereocenters.